The summed E-state index contributed by atoms with van der Waals surface area (Å²) < 4.78 is 0. The molecule has 148 valence electrons. The lowest BCUT2D eigenvalue weighted by molar-refractivity contribution is 0.102. The number of hydrogen-bond donors (Lipinski definition) is 2. The summed E-state index contributed by atoms with van der Waals surface area (Å²) in [7, 11) is 0. The Morgan fingerprint density at radius 3 is 2.79 bits per heavy atom. The van der Waals surface area contributed by atoms with Gasteiger partial charge in [0.25, 0.3) is 5.91 Å². The number of H-pyrrole nitrogens is 1. The van der Waals surface area contributed by atoms with Crippen molar-refractivity contribution in [1.29, 1.82) is 0 Å². The Balaban J connectivity index is 1.32. The van der Waals surface area contributed by atoms with E-state index in [4.69, 9.17) is 4.98 Å². The molecule has 5 rings (SSSR count). The number of aromatic amines is 1. The third kappa shape index (κ3) is 3.85. The summed E-state index contributed by atoms with van der Waals surface area (Å²) in [5.74, 6) is 2.66. The molecule has 2 aromatic heterocycles. The first-order valence-electron chi connectivity index (χ1n) is 10.3. The largest absolute Gasteiger partial charge is 0.356 e. The van der Waals surface area contributed by atoms with Crippen LogP contribution in [0.2, 0.25) is 0 Å². The van der Waals surface area contributed by atoms with Crippen molar-refractivity contribution in [1.82, 2.24) is 20.2 Å². The van der Waals surface area contributed by atoms with Gasteiger partial charge in [-0.1, -0.05) is 18.2 Å². The van der Waals surface area contributed by atoms with Gasteiger partial charge in [0.1, 0.15) is 11.6 Å². The smallest absolute Gasteiger partial charge is 0.255 e. The third-order valence-corrected chi connectivity index (χ3v) is 5.71. The highest BCUT2D eigenvalue weighted by molar-refractivity contribution is 6.04. The zero-order chi connectivity index (χ0) is 19.6. The topological polar surface area (TPSA) is 86.8 Å². The van der Waals surface area contributed by atoms with E-state index in [1.54, 1.807) is 6.20 Å². The van der Waals surface area contributed by atoms with E-state index in [2.05, 4.69) is 25.4 Å². The number of nitrogens with one attached hydrogen (secondary N) is 2. The summed E-state index contributed by atoms with van der Waals surface area (Å²) in [6.07, 6.45) is 8.09. The third-order valence-electron chi connectivity index (χ3n) is 5.71. The molecule has 0 radical (unpaired) electrons. The summed E-state index contributed by atoms with van der Waals surface area (Å²) in [5, 5.41) is 10.3. The van der Waals surface area contributed by atoms with Gasteiger partial charge in [0.15, 0.2) is 0 Å². The van der Waals surface area contributed by atoms with Gasteiger partial charge in [0.05, 0.1) is 17.6 Å². The van der Waals surface area contributed by atoms with Crippen LogP contribution in [0.4, 0.5) is 11.5 Å². The Labute approximate surface area is 169 Å². The molecule has 1 aromatic carbocycles. The van der Waals surface area contributed by atoms with Crippen LogP contribution >= 0.6 is 0 Å². The molecular formula is C22H24N6O. The van der Waals surface area contributed by atoms with Gasteiger partial charge in [-0.05, 0) is 43.9 Å². The van der Waals surface area contributed by atoms with Gasteiger partial charge >= 0.3 is 0 Å². The maximum atomic E-state index is 12.6. The molecule has 0 bridgehead atoms. The van der Waals surface area contributed by atoms with Crippen LogP contribution in [0, 0.1) is 0 Å². The van der Waals surface area contributed by atoms with E-state index in [1.807, 2.05) is 42.6 Å². The number of carbonyl (C=O) groups is 1. The Morgan fingerprint density at radius 1 is 1.10 bits per heavy atom. The first-order valence-corrected chi connectivity index (χ1v) is 10.3. The van der Waals surface area contributed by atoms with Crippen LogP contribution in [0.5, 0.6) is 0 Å². The second-order valence-electron chi connectivity index (χ2n) is 7.85. The molecule has 7 nitrogen and oxygen atoms in total. The second kappa shape index (κ2) is 7.66. The van der Waals surface area contributed by atoms with Crippen LogP contribution in [0.1, 0.15) is 59.4 Å². The average Bonchev–Trinajstić information content (AvgIpc) is 3.54. The number of nitrogens with zero attached hydrogens (tertiary/aromatic N) is 4. The van der Waals surface area contributed by atoms with Crippen molar-refractivity contribution < 1.29 is 4.79 Å². The predicted octanol–water partition coefficient (Wildman–Crippen LogP) is 3.71. The summed E-state index contributed by atoms with van der Waals surface area (Å²) in [5.41, 5.74) is 2.38. The van der Waals surface area contributed by atoms with E-state index < -0.39 is 0 Å². The maximum Gasteiger partial charge on any atom is 0.255 e. The second-order valence-corrected chi connectivity index (χ2v) is 7.85. The normalized spacial score (nSPS) is 19.2. The number of rotatable bonds is 5. The molecule has 2 N–H and O–H groups in total. The standard InChI is InChI=1S/C22H24N6O/c29-22(16-5-2-1-3-6-16)25-18-13-24-27-20(18)17-7-4-12-28(14-17)19-10-11-23-21(26-19)15-8-9-15/h1-3,5-6,10-11,13,15,17H,4,7-9,12,14H2,(H,24,27)(H,25,29)/t17-/m1/s1. The lowest BCUT2D eigenvalue weighted by Gasteiger charge is -2.33. The van der Waals surface area contributed by atoms with Crippen molar-refractivity contribution >= 4 is 17.4 Å². The summed E-state index contributed by atoms with van der Waals surface area (Å²) >= 11 is 0. The number of benzene rings is 1. The molecule has 3 aromatic rings. The summed E-state index contributed by atoms with van der Waals surface area (Å²) in [4.78, 5) is 24.1. The quantitative estimate of drug-likeness (QED) is 0.696. The summed E-state index contributed by atoms with van der Waals surface area (Å²) in [6.45, 7) is 1.83. The lowest BCUT2D eigenvalue weighted by Crippen LogP contribution is -2.35. The van der Waals surface area contributed by atoms with E-state index in [-0.39, 0.29) is 11.8 Å². The van der Waals surface area contributed by atoms with Gasteiger partial charge in [-0.2, -0.15) is 5.10 Å². The van der Waals surface area contributed by atoms with Crippen LogP contribution in [0.25, 0.3) is 0 Å². The minimum atomic E-state index is -0.120. The number of anilines is 2. The molecule has 3 heterocycles. The molecule has 1 atom stereocenters. The van der Waals surface area contributed by atoms with Crippen molar-refractivity contribution in [3.05, 3.63) is 65.9 Å². The first kappa shape index (κ1) is 17.8. The molecule has 1 aliphatic heterocycles. The lowest BCUT2D eigenvalue weighted by atomic mass is 9.94. The highest BCUT2D eigenvalue weighted by Gasteiger charge is 2.29. The van der Waals surface area contributed by atoms with Crippen molar-refractivity contribution in [2.75, 3.05) is 23.3 Å². The van der Waals surface area contributed by atoms with Gasteiger partial charge in [0.2, 0.25) is 0 Å². The fourth-order valence-electron chi connectivity index (χ4n) is 3.99. The van der Waals surface area contributed by atoms with E-state index in [1.165, 1.54) is 12.8 Å². The minimum absolute atomic E-state index is 0.120. The van der Waals surface area contributed by atoms with E-state index in [0.29, 0.717) is 11.5 Å². The molecule has 29 heavy (non-hydrogen) atoms. The Hall–Kier alpha value is -3.22. The molecule has 1 saturated heterocycles. The van der Waals surface area contributed by atoms with Crippen LogP contribution in [0.3, 0.4) is 0 Å². The number of piperidine rings is 1. The van der Waals surface area contributed by atoms with Crippen molar-refractivity contribution in [3.8, 4) is 0 Å². The predicted molar refractivity (Wildman–Crippen MR) is 111 cm³/mol. The average molecular weight is 388 g/mol. The Morgan fingerprint density at radius 2 is 1.97 bits per heavy atom. The van der Waals surface area contributed by atoms with Crippen molar-refractivity contribution in [3.63, 3.8) is 0 Å². The van der Waals surface area contributed by atoms with Gasteiger partial charge < -0.3 is 10.2 Å². The highest BCUT2D eigenvalue weighted by Crippen LogP contribution is 2.39. The first-order chi connectivity index (χ1) is 14.3. The Kier molecular flexibility index (Phi) is 4.71. The number of hydrogen-bond acceptors (Lipinski definition) is 5. The number of carbonyl (C=O) groups excluding carboxylic acids is 1. The van der Waals surface area contributed by atoms with Gasteiger partial charge in [-0.3, -0.25) is 9.89 Å². The van der Waals surface area contributed by atoms with Gasteiger partial charge in [-0.25, -0.2) is 9.97 Å². The Bertz CT molecular complexity index is 997. The monoisotopic (exact) mass is 388 g/mol. The molecule has 2 fully saturated rings. The SMILES string of the molecule is O=C(Nc1cn[nH]c1[C@@H]1CCCN(c2ccnc(C3CC3)n2)C1)c1ccccc1. The van der Waals surface area contributed by atoms with Crippen molar-refractivity contribution in [2.45, 2.75) is 37.5 Å². The van der Waals surface area contributed by atoms with E-state index in [9.17, 15) is 4.79 Å². The molecule has 1 saturated carbocycles. The zero-order valence-corrected chi connectivity index (χ0v) is 16.2. The van der Waals surface area contributed by atoms with E-state index >= 15 is 0 Å². The van der Waals surface area contributed by atoms with Gasteiger partial charge in [0, 0.05) is 36.7 Å². The van der Waals surface area contributed by atoms with Crippen LogP contribution in [0.15, 0.2) is 48.8 Å². The van der Waals surface area contributed by atoms with Crippen LogP contribution in [-0.2, 0) is 0 Å². The molecule has 1 aliphatic carbocycles. The van der Waals surface area contributed by atoms with Crippen LogP contribution < -0.4 is 10.2 Å². The number of aromatic nitrogens is 4. The zero-order valence-electron chi connectivity index (χ0n) is 16.2. The number of amides is 1. The fraction of sp³-hybridized carbons (Fsp3) is 0.364. The fourth-order valence-corrected chi connectivity index (χ4v) is 3.99. The molecule has 2 aliphatic rings. The van der Waals surface area contributed by atoms with Crippen molar-refractivity contribution in [2.24, 2.45) is 0 Å². The maximum absolute atomic E-state index is 12.6. The highest BCUT2D eigenvalue weighted by atomic mass is 16.1. The molecule has 7 heteroatoms. The minimum Gasteiger partial charge on any atom is -0.356 e. The molecule has 1 amide bonds. The van der Waals surface area contributed by atoms with E-state index in [0.717, 1.165) is 49.0 Å². The summed E-state index contributed by atoms with van der Waals surface area (Å²) in [6, 6.07) is 11.2. The van der Waals surface area contributed by atoms with Crippen LogP contribution in [-0.4, -0.2) is 39.2 Å². The van der Waals surface area contributed by atoms with Gasteiger partial charge in [-0.15, -0.1) is 0 Å². The molecular weight excluding hydrogens is 364 g/mol. The molecule has 0 unspecified atom stereocenters. The molecule has 0 spiro atoms.